The van der Waals surface area contributed by atoms with E-state index < -0.39 is 5.60 Å². The number of nitrogens with zero attached hydrogens (tertiary/aromatic N) is 2. The highest BCUT2D eigenvalue weighted by Crippen LogP contribution is 2.39. The summed E-state index contributed by atoms with van der Waals surface area (Å²) in [5, 5.41) is 0. The molecule has 1 saturated heterocycles. The van der Waals surface area contributed by atoms with E-state index in [0.29, 0.717) is 61.2 Å². The lowest BCUT2D eigenvalue weighted by Crippen LogP contribution is -2.52. The van der Waals surface area contributed by atoms with Crippen LogP contribution in [0.1, 0.15) is 81.0 Å². The molecule has 1 spiro atoms. The molecule has 3 heterocycles. The fourth-order valence-electron chi connectivity index (χ4n) is 5.00. The number of imide groups is 1. The predicted molar refractivity (Wildman–Crippen MR) is 121 cm³/mol. The Morgan fingerprint density at radius 3 is 2.42 bits per heavy atom. The molecule has 0 N–H and O–H groups in total. The number of Topliss-reactive ketones (excluding diaryl/α,β-unsaturated/α-hetero) is 1. The smallest absolute Gasteiger partial charge is 0.261 e. The maximum atomic E-state index is 13.2. The van der Waals surface area contributed by atoms with Gasteiger partial charge in [-0.2, -0.15) is 0 Å². The molecule has 0 aliphatic carbocycles. The first kappa shape index (κ1) is 21.4. The minimum Gasteiger partial charge on any atom is -0.486 e. The fourth-order valence-corrected chi connectivity index (χ4v) is 5.00. The van der Waals surface area contributed by atoms with E-state index in [0.717, 1.165) is 0 Å². The minimum atomic E-state index is -0.584. The Bertz CT molecular complexity index is 1180. The van der Waals surface area contributed by atoms with Crippen LogP contribution in [-0.2, 0) is 0 Å². The van der Waals surface area contributed by atoms with Crippen LogP contribution >= 0.6 is 0 Å². The zero-order chi connectivity index (χ0) is 23.3. The van der Waals surface area contributed by atoms with Crippen LogP contribution in [0, 0.1) is 0 Å². The molecule has 0 radical (unpaired) electrons. The number of carbonyl (C=O) groups excluding carboxylic acids is 4. The Morgan fingerprint density at radius 2 is 1.70 bits per heavy atom. The molecule has 1 atom stereocenters. The summed E-state index contributed by atoms with van der Waals surface area (Å²) in [7, 11) is 0. The molecule has 33 heavy (non-hydrogen) atoms. The van der Waals surface area contributed by atoms with E-state index in [2.05, 4.69) is 0 Å². The number of fused-ring (bicyclic) bond motifs is 2. The van der Waals surface area contributed by atoms with E-state index in [1.54, 1.807) is 29.2 Å². The first-order valence-electron chi connectivity index (χ1n) is 11.5. The zero-order valence-electron chi connectivity index (χ0n) is 18.8. The maximum Gasteiger partial charge on any atom is 0.261 e. The standard InChI is InChI=1S/C26H26N2O5/c1-3-16(2)28-24(31)18-9-8-17(14-20(18)25(28)32)23(30)27-12-10-26(11-13-27)15-21(29)19-6-4-5-7-22(19)33-26/h4-9,14,16H,3,10-13,15H2,1-2H3. The first-order valence-corrected chi connectivity index (χ1v) is 11.5. The van der Waals surface area contributed by atoms with Gasteiger partial charge in [-0.05, 0) is 43.7 Å². The van der Waals surface area contributed by atoms with Crippen molar-refractivity contribution in [2.75, 3.05) is 13.1 Å². The van der Waals surface area contributed by atoms with Gasteiger partial charge in [0, 0.05) is 37.5 Å². The third-order valence-corrected chi connectivity index (χ3v) is 7.16. The number of ether oxygens (including phenoxy) is 1. The van der Waals surface area contributed by atoms with Gasteiger partial charge in [-0.25, -0.2) is 0 Å². The Morgan fingerprint density at radius 1 is 1.00 bits per heavy atom. The van der Waals surface area contributed by atoms with E-state index in [4.69, 9.17) is 4.74 Å². The summed E-state index contributed by atoms with van der Waals surface area (Å²) < 4.78 is 6.25. The number of likely N-dealkylation sites (tertiary alicyclic amines) is 1. The van der Waals surface area contributed by atoms with Gasteiger partial charge in [0.1, 0.15) is 11.4 Å². The third-order valence-electron chi connectivity index (χ3n) is 7.16. The minimum absolute atomic E-state index is 0.0734. The summed E-state index contributed by atoms with van der Waals surface area (Å²) in [4.78, 5) is 54.3. The van der Waals surface area contributed by atoms with Crippen molar-refractivity contribution in [2.24, 2.45) is 0 Å². The van der Waals surface area contributed by atoms with Crippen LogP contribution in [-0.4, -0.2) is 58.0 Å². The van der Waals surface area contributed by atoms with Crippen molar-refractivity contribution in [3.05, 3.63) is 64.7 Å². The summed E-state index contributed by atoms with van der Waals surface area (Å²) in [6, 6.07) is 11.8. The van der Waals surface area contributed by atoms with E-state index in [9.17, 15) is 19.2 Å². The highest BCUT2D eigenvalue weighted by molar-refractivity contribution is 6.22. The van der Waals surface area contributed by atoms with Crippen LogP contribution in [0.3, 0.4) is 0 Å². The van der Waals surface area contributed by atoms with E-state index in [1.807, 2.05) is 32.0 Å². The molecule has 1 unspecified atom stereocenters. The van der Waals surface area contributed by atoms with Crippen molar-refractivity contribution in [2.45, 2.75) is 51.2 Å². The summed E-state index contributed by atoms with van der Waals surface area (Å²) >= 11 is 0. The lowest BCUT2D eigenvalue weighted by Gasteiger charge is -2.44. The number of hydrogen-bond donors (Lipinski definition) is 0. The Labute approximate surface area is 192 Å². The van der Waals surface area contributed by atoms with Gasteiger partial charge in [-0.15, -0.1) is 0 Å². The zero-order valence-corrected chi connectivity index (χ0v) is 18.8. The van der Waals surface area contributed by atoms with Gasteiger partial charge in [0.25, 0.3) is 17.7 Å². The molecule has 0 saturated carbocycles. The Kier molecular flexibility index (Phi) is 5.07. The van der Waals surface area contributed by atoms with Crippen LogP contribution in [0.5, 0.6) is 5.75 Å². The van der Waals surface area contributed by atoms with Crippen molar-refractivity contribution >= 4 is 23.5 Å². The van der Waals surface area contributed by atoms with Crippen molar-refractivity contribution in [1.29, 1.82) is 0 Å². The number of amides is 3. The Balaban J connectivity index is 1.31. The van der Waals surface area contributed by atoms with Crippen LogP contribution in [0.4, 0.5) is 0 Å². The second kappa shape index (κ2) is 7.83. The van der Waals surface area contributed by atoms with Crippen LogP contribution in [0.2, 0.25) is 0 Å². The quantitative estimate of drug-likeness (QED) is 0.671. The molecule has 3 aliphatic heterocycles. The summed E-state index contributed by atoms with van der Waals surface area (Å²) in [5.41, 5.74) is 1.06. The van der Waals surface area contributed by atoms with Crippen molar-refractivity contribution < 1.29 is 23.9 Å². The van der Waals surface area contributed by atoms with E-state index in [1.165, 1.54) is 4.90 Å². The second-order valence-corrected chi connectivity index (χ2v) is 9.17. The lowest BCUT2D eigenvalue weighted by molar-refractivity contribution is -0.00572. The van der Waals surface area contributed by atoms with Crippen molar-refractivity contribution in [3.8, 4) is 5.75 Å². The van der Waals surface area contributed by atoms with Crippen molar-refractivity contribution in [3.63, 3.8) is 0 Å². The predicted octanol–water partition coefficient (Wildman–Crippen LogP) is 3.72. The molecule has 2 aromatic rings. The average Bonchev–Trinajstić information content (AvgIpc) is 3.08. The number of piperidine rings is 1. The van der Waals surface area contributed by atoms with Gasteiger partial charge in [-0.1, -0.05) is 19.1 Å². The highest BCUT2D eigenvalue weighted by atomic mass is 16.5. The molecule has 0 bridgehead atoms. The third kappa shape index (κ3) is 3.43. The van der Waals surface area contributed by atoms with Crippen molar-refractivity contribution in [1.82, 2.24) is 9.80 Å². The van der Waals surface area contributed by atoms with Gasteiger partial charge < -0.3 is 9.64 Å². The topological polar surface area (TPSA) is 84.0 Å². The number of hydrogen-bond acceptors (Lipinski definition) is 5. The molecule has 170 valence electrons. The number of ketones is 1. The SMILES string of the molecule is CCC(C)N1C(=O)c2ccc(C(=O)N3CCC4(CC3)CC(=O)c3ccccc3O4)cc2C1=O. The first-order chi connectivity index (χ1) is 15.8. The Hall–Kier alpha value is -3.48. The average molecular weight is 447 g/mol. The molecular weight excluding hydrogens is 420 g/mol. The summed E-state index contributed by atoms with van der Waals surface area (Å²) in [5.74, 6) is -0.144. The van der Waals surface area contributed by atoms with Crippen LogP contribution in [0.15, 0.2) is 42.5 Å². The summed E-state index contributed by atoms with van der Waals surface area (Å²) in [6.07, 6.45) is 2.10. The van der Waals surface area contributed by atoms with Gasteiger partial charge in [0.15, 0.2) is 5.78 Å². The molecule has 7 heteroatoms. The van der Waals surface area contributed by atoms with E-state index >= 15 is 0 Å². The van der Waals surface area contributed by atoms with Gasteiger partial charge >= 0.3 is 0 Å². The van der Waals surface area contributed by atoms with Gasteiger partial charge in [0.2, 0.25) is 0 Å². The van der Waals surface area contributed by atoms with E-state index in [-0.39, 0.29) is 35.1 Å². The van der Waals surface area contributed by atoms with Crippen LogP contribution < -0.4 is 4.74 Å². The molecule has 3 aliphatic rings. The number of rotatable bonds is 3. The molecule has 1 fully saturated rings. The molecule has 3 amide bonds. The highest BCUT2D eigenvalue weighted by Gasteiger charge is 2.44. The number of carbonyl (C=O) groups is 4. The van der Waals surface area contributed by atoms with Gasteiger partial charge in [-0.3, -0.25) is 24.1 Å². The normalized spacial score (nSPS) is 19.9. The number of benzene rings is 2. The molecule has 5 rings (SSSR count). The lowest BCUT2D eigenvalue weighted by atomic mass is 9.82. The largest absolute Gasteiger partial charge is 0.486 e. The fraction of sp³-hybridized carbons (Fsp3) is 0.385. The molecular formula is C26H26N2O5. The maximum absolute atomic E-state index is 13.2. The summed E-state index contributed by atoms with van der Waals surface area (Å²) in [6.45, 7) is 4.68. The molecule has 2 aromatic carbocycles. The second-order valence-electron chi connectivity index (χ2n) is 9.17. The van der Waals surface area contributed by atoms with Crippen LogP contribution in [0.25, 0.3) is 0 Å². The monoisotopic (exact) mass is 446 g/mol. The van der Waals surface area contributed by atoms with Gasteiger partial charge in [0.05, 0.1) is 23.1 Å². The molecule has 7 nitrogen and oxygen atoms in total. The molecule has 0 aromatic heterocycles. The number of para-hydroxylation sites is 1.